The number of pyridine rings is 1. The molecule has 0 spiro atoms. The quantitative estimate of drug-likeness (QED) is 0.870. The molecule has 0 radical (unpaired) electrons. The van der Waals surface area contributed by atoms with Gasteiger partial charge in [0.1, 0.15) is 5.56 Å². The zero-order valence-electron chi connectivity index (χ0n) is 12.9. The fourth-order valence-electron chi connectivity index (χ4n) is 2.25. The van der Waals surface area contributed by atoms with E-state index in [0.29, 0.717) is 6.54 Å². The largest absolute Gasteiger partial charge is 0.464 e. The molecule has 1 N–H and O–H groups in total. The van der Waals surface area contributed by atoms with Crippen LogP contribution >= 0.6 is 0 Å². The Bertz CT molecular complexity index is 554. The molecular weight excluding hydrogens is 313 g/mol. The van der Waals surface area contributed by atoms with Crippen LogP contribution in [0, 0.1) is 0 Å². The van der Waals surface area contributed by atoms with Gasteiger partial charge < -0.3 is 14.8 Å². The maximum absolute atomic E-state index is 12.6. The van der Waals surface area contributed by atoms with Gasteiger partial charge in [-0.3, -0.25) is 4.79 Å². The second-order valence-corrected chi connectivity index (χ2v) is 5.58. The number of aromatic nitrogens is 1. The van der Waals surface area contributed by atoms with Crippen molar-refractivity contribution < 1.29 is 27.4 Å². The predicted octanol–water partition coefficient (Wildman–Crippen LogP) is 2.71. The Morgan fingerprint density at radius 1 is 1.48 bits per heavy atom. The maximum Gasteiger partial charge on any atom is 0.425 e. The normalized spacial score (nSPS) is 18.0. The summed E-state index contributed by atoms with van der Waals surface area (Å²) in [6.45, 7) is 1.16. The van der Waals surface area contributed by atoms with Crippen molar-refractivity contribution in [2.75, 3.05) is 13.7 Å². The average Bonchev–Trinajstić information content (AvgIpc) is 2.46. The van der Waals surface area contributed by atoms with Gasteiger partial charge in [0.15, 0.2) is 6.10 Å². The van der Waals surface area contributed by atoms with E-state index < -0.39 is 18.2 Å². The molecule has 1 aliphatic carbocycles. The highest BCUT2D eigenvalue weighted by Crippen LogP contribution is 2.34. The van der Waals surface area contributed by atoms with E-state index in [1.807, 2.05) is 0 Å². The standard InChI is InChI=1S/C15H19F3N2O3/c1-10(15(16,17)18)23-13-11(5-3-8-19-13)12(21)20-9-14(22-2)6-4-7-14/h3,5,8,10H,4,6-7,9H2,1-2H3,(H,20,21)/t10-/m0/s1. The lowest BCUT2D eigenvalue weighted by atomic mass is 9.80. The highest BCUT2D eigenvalue weighted by atomic mass is 19.4. The number of hydrogen-bond acceptors (Lipinski definition) is 4. The molecule has 23 heavy (non-hydrogen) atoms. The molecule has 0 bridgehead atoms. The first-order chi connectivity index (χ1) is 10.8. The highest BCUT2D eigenvalue weighted by molar-refractivity contribution is 5.96. The molecule has 8 heteroatoms. The minimum Gasteiger partial charge on any atom is -0.464 e. The lowest BCUT2D eigenvalue weighted by Gasteiger charge is -2.40. The van der Waals surface area contributed by atoms with Crippen molar-refractivity contribution in [1.29, 1.82) is 0 Å². The summed E-state index contributed by atoms with van der Waals surface area (Å²) >= 11 is 0. The zero-order chi connectivity index (χ0) is 17.1. The Morgan fingerprint density at radius 2 is 2.17 bits per heavy atom. The molecular formula is C15H19F3N2O3. The van der Waals surface area contributed by atoms with E-state index in [1.54, 1.807) is 7.11 Å². The summed E-state index contributed by atoms with van der Waals surface area (Å²) in [7, 11) is 1.58. The third kappa shape index (κ3) is 4.13. The number of amides is 1. The van der Waals surface area contributed by atoms with E-state index in [0.717, 1.165) is 26.2 Å². The average molecular weight is 332 g/mol. The van der Waals surface area contributed by atoms with Gasteiger partial charge >= 0.3 is 6.18 Å². The third-order valence-electron chi connectivity index (χ3n) is 4.03. The van der Waals surface area contributed by atoms with Gasteiger partial charge in [0, 0.05) is 19.9 Å². The Balaban J connectivity index is 2.05. The molecule has 5 nitrogen and oxygen atoms in total. The zero-order valence-corrected chi connectivity index (χ0v) is 12.9. The molecule has 128 valence electrons. The summed E-state index contributed by atoms with van der Waals surface area (Å²) in [6.07, 6.45) is -2.61. The highest BCUT2D eigenvalue weighted by Gasteiger charge is 2.39. The van der Waals surface area contributed by atoms with Gasteiger partial charge in [0.25, 0.3) is 5.91 Å². The van der Waals surface area contributed by atoms with E-state index in [-0.39, 0.29) is 17.0 Å². The van der Waals surface area contributed by atoms with Gasteiger partial charge in [0.05, 0.1) is 5.60 Å². The first-order valence-corrected chi connectivity index (χ1v) is 7.29. The van der Waals surface area contributed by atoms with Gasteiger partial charge in [-0.1, -0.05) is 0 Å². The number of carbonyl (C=O) groups is 1. The number of hydrogen-bond donors (Lipinski definition) is 1. The van der Waals surface area contributed by atoms with Crippen molar-refractivity contribution in [2.45, 2.75) is 44.1 Å². The smallest absolute Gasteiger partial charge is 0.425 e. The first kappa shape index (κ1) is 17.5. The van der Waals surface area contributed by atoms with Crippen molar-refractivity contribution in [3.8, 4) is 5.88 Å². The van der Waals surface area contributed by atoms with Gasteiger partial charge in [-0.15, -0.1) is 0 Å². The summed E-state index contributed by atoms with van der Waals surface area (Å²) in [4.78, 5) is 16.0. The van der Waals surface area contributed by atoms with Crippen LogP contribution in [0.15, 0.2) is 18.3 Å². The Labute approximate surface area is 132 Å². The van der Waals surface area contributed by atoms with Crippen LogP contribution in [0.1, 0.15) is 36.5 Å². The van der Waals surface area contributed by atoms with Gasteiger partial charge in [-0.2, -0.15) is 13.2 Å². The molecule has 1 aliphatic rings. The molecule has 1 amide bonds. The van der Waals surface area contributed by atoms with Crippen molar-refractivity contribution in [2.24, 2.45) is 0 Å². The SMILES string of the molecule is COC1(CNC(=O)c2cccnc2O[C@@H](C)C(F)(F)F)CCC1. The van der Waals surface area contributed by atoms with Crippen molar-refractivity contribution >= 4 is 5.91 Å². The minimum absolute atomic E-state index is 0.0332. The van der Waals surface area contributed by atoms with Crippen LogP contribution in [0.3, 0.4) is 0 Å². The number of rotatable bonds is 6. The van der Waals surface area contributed by atoms with E-state index >= 15 is 0 Å². The topological polar surface area (TPSA) is 60.5 Å². The van der Waals surface area contributed by atoms with E-state index in [1.165, 1.54) is 18.3 Å². The molecule has 0 saturated heterocycles. The minimum atomic E-state index is -4.53. The lowest BCUT2D eigenvalue weighted by molar-refractivity contribution is -0.190. The third-order valence-corrected chi connectivity index (χ3v) is 4.03. The van der Waals surface area contributed by atoms with Crippen LogP contribution in [-0.4, -0.2) is 42.4 Å². The van der Waals surface area contributed by atoms with Crippen LogP contribution < -0.4 is 10.1 Å². The second kappa shape index (κ2) is 6.74. The summed E-state index contributed by atoms with van der Waals surface area (Å²) in [5, 5.41) is 2.68. The summed E-state index contributed by atoms with van der Waals surface area (Å²) in [6, 6.07) is 2.84. The van der Waals surface area contributed by atoms with Gasteiger partial charge in [0.2, 0.25) is 5.88 Å². The molecule has 1 heterocycles. The van der Waals surface area contributed by atoms with Crippen LogP contribution in [0.4, 0.5) is 13.2 Å². The number of nitrogens with one attached hydrogen (secondary N) is 1. The molecule has 1 saturated carbocycles. The Hall–Kier alpha value is -1.83. The molecule has 1 atom stereocenters. The van der Waals surface area contributed by atoms with E-state index in [2.05, 4.69) is 10.3 Å². The van der Waals surface area contributed by atoms with E-state index in [9.17, 15) is 18.0 Å². The number of methoxy groups -OCH3 is 1. The van der Waals surface area contributed by atoms with Crippen LogP contribution in [0.2, 0.25) is 0 Å². The molecule has 0 aromatic carbocycles. The Morgan fingerprint density at radius 3 is 2.70 bits per heavy atom. The van der Waals surface area contributed by atoms with E-state index in [4.69, 9.17) is 9.47 Å². The van der Waals surface area contributed by atoms with Crippen LogP contribution in [0.25, 0.3) is 0 Å². The summed E-state index contributed by atoms with van der Waals surface area (Å²) in [5.41, 5.74) is -0.410. The Kier molecular flexibility index (Phi) is 5.13. The molecule has 1 aromatic heterocycles. The summed E-state index contributed by atoms with van der Waals surface area (Å²) in [5.74, 6) is -0.874. The van der Waals surface area contributed by atoms with Crippen molar-refractivity contribution in [3.63, 3.8) is 0 Å². The van der Waals surface area contributed by atoms with Crippen LogP contribution in [0.5, 0.6) is 5.88 Å². The number of nitrogens with zero attached hydrogens (tertiary/aromatic N) is 1. The van der Waals surface area contributed by atoms with Gasteiger partial charge in [-0.05, 0) is 38.3 Å². The monoisotopic (exact) mass is 332 g/mol. The van der Waals surface area contributed by atoms with Gasteiger partial charge in [-0.25, -0.2) is 4.98 Å². The molecule has 1 aromatic rings. The first-order valence-electron chi connectivity index (χ1n) is 7.29. The number of alkyl halides is 3. The predicted molar refractivity (Wildman–Crippen MR) is 76.3 cm³/mol. The number of carbonyl (C=O) groups excluding carboxylic acids is 1. The van der Waals surface area contributed by atoms with Crippen molar-refractivity contribution in [1.82, 2.24) is 10.3 Å². The number of halogens is 3. The molecule has 0 unspecified atom stereocenters. The molecule has 0 aliphatic heterocycles. The molecule has 1 fully saturated rings. The fourth-order valence-corrected chi connectivity index (χ4v) is 2.25. The maximum atomic E-state index is 12.6. The van der Waals surface area contributed by atoms with Crippen molar-refractivity contribution in [3.05, 3.63) is 23.9 Å². The fraction of sp³-hybridized carbons (Fsp3) is 0.600. The molecule has 2 rings (SSSR count). The van der Waals surface area contributed by atoms with Crippen LogP contribution in [-0.2, 0) is 4.74 Å². The lowest BCUT2D eigenvalue weighted by Crippen LogP contribution is -2.49. The second-order valence-electron chi connectivity index (χ2n) is 5.58. The number of ether oxygens (including phenoxy) is 2. The summed E-state index contributed by atoms with van der Waals surface area (Å²) < 4.78 is 48.0.